The number of rotatable bonds is 4. The van der Waals surface area contributed by atoms with E-state index in [1.165, 1.54) is 38.4 Å². The minimum Gasteiger partial charge on any atom is -0.465 e. The van der Waals surface area contributed by atoms with Crippen LogP contribution in [0.5, 0.6) is 0 Å². The van der Waals surface area contributed by atoms with Crippen molar-refractivity contribution >= 4 is 17.6 Å². The number of aromatic nitrogens is 3. The van der Waals surface area contributed by atoms with E-state index in [9.17, 15) is 23.6 Å². The van der Waals surface area contributed by atoms with Crippen molar-refractivity contribution in [1.82, 2.24) is 14.3 Å². The number of hydrogen-bond donors (Lipinski definition) is 1. The molecule has 148 valence electrons. The summed E-state index contributed by atoms with van der Waals surface area (Å²) in [6.07, 6.45) is 0. The number of para-hydroxylation sites is 1. The Balaban J connectivity index is 2.07. The summed E-state index contributed by atoms with van der Waals surface area (Å²) in [5.41, 5.74) is -1.98. The monoisotopic (exact) mass is 398 g/mol. The summed E-state index contributed by atoms with van der Waals surface area (Å²) >= 11 is 0. The molecule has 0 aliphatic carbocycles. The van der Waals surface area contributed by atoms with Gasteiger partial charge in [0.1, 0.15) is 5.82 Å². The van der Waals surface area contributed by atoms with E-state index in [2.05, 4.69) is 15.2 Å². The van der Waals surface area contributed by atoms with E-state index in [1.807, 2.05) is 0 Å². The Hall–Kier alpha value is -4.08. The van der Waals surface area contributed by atoms with Gasteiger partial charge in [0.25, 0.3) is 11.5 Å². The van der Waals surface area contributed by atoms with Gasteiger partial charge >= 0.3 is 11.7 Å². The SMILES string of the molecule is COC(=O)c1ccccc1NC(=O)c1nn(-c2ccc(F)cc2)c(=O)n(C)c1=O. The number of nitrogens with one attached hydrogen (secondary N) is 1. The first-order valence-electron chi connectivity index (χ1n) is 8.28. The molecule has 9 nitrogen and oxygen atoms in total. The fourth-order valence-corrected chi connectivity index (χ4v) is 2.53. The Kier molecular flexibility index (Phi) is 5.35. The first-order valence-corrected chi connectivity index (χ1v) is 8.28. The lowest BCUT2D eigenvalue weighted by Gasteiger charge is -2.11. The molecule has 29 heavy (non-hydrogen) atoms. The van der Waals surface area contributed by atoms with E-state index < -0.39 is 34.6 Å². The van der Waals surface area contributed by atoms with Gasteiger partial charge in [-0.2, -0.15) is 9.78 Å². The van der Waals surface area contributed by atoms with Crippen LogP contribution in [0.15, 0.2) is 58.1 Å². The second-order valence-electron chi connectivity index (χ2n) is 5.87. The molecule has 1 N–H and O–H groups in total. The molecule has 3 rings (SSSR count). The van der Waals surface area contributed by atoms with E-state index in [4.69, 9.17) is 0 Å². The predicted molar refractivity (Wildman–Crippen MR) is 101 cm³/mol. The third-order valence-corrected chi connectivity index (χ3v) is 4.04. The number of halogens is 1. The molecule has 3 aromatic rings. The Labute approximate surface area is 163 Å². The largest absolute Gasteiger partial charge is 0.465 e. The Bertz CT molecular complexity index is 1210. The smallest absolute Gasteiger partial charge is 0.351 e. The maximum absolute atomic E-state index is 13.2. The number of ether oxygens (including phenoxy) is 1. The topological polar surface area (TPSA) is 112 Å². The molecule has 10 heteroatoms. The van der Waals surface area contributed by atoms with Crippen molar-refractivity contribution in [3.63, 3.8) is 0 Å². The highest BCUT2D eigenvalue weighted by Crippen LogP contribution is 2.16. The zero-order chi connectivity index (χ0) is 21.1. The maximum Gasteiger partial charge on any atom is 0.351 e. The first kappa shape index (κ1) is 19.7. The van der Waals surface area contributed by atoms with Gasteiger partial charge in [-0.3, -0.25) is 14.2 Å². The quantitative estimate of drug-likeness (QED) is 0.659. The van der Waals surface area contributed by atoms with Crippen molar-refractivity contribution in [2.45, 2.75) is 0 Å². The van der Waals surface area contributed by atoms with Crippen molar-refractivity contribution in [2.24, 2.45) is 7.05 Å². The maximum atomic E-state index is 13.2. The molecule has 0 unspecified atom stereocenters. The summed E-state index contributed by atoms with van der Waals surface area (Å²) in [4.78, 5) is 49.3. The molecule has 0 saturated carbocycles. The molecule has 0 spiro atoms. The van der Waals surface area contributed by atoms with Crippen molar-refractivity contribution in [2.75, 3.05) is 12.4 Å². The highest BCUT2D eigenvalue weighted by Gasteiger charge is 2.21. The van der Waals surface area contributed by atoms with Gasteiger partial charge in [-0.25, -0.2) is 14.0 Å². The molecule has 1 heterocycles. The van der Waals surface area contributed by atoms with Gasteiger partial charge in [0.2, 0.25) is 5.69 Å². The number of anilines is 1. The fraction of sp³-hybridized carbons (Fsp3) is 0.105. The van der Waals surface area contributed by atoms with Gasteiger partial charge in [0.15, 0.2) is 0 Å². The van der Waals surface area contributed by atoms with Gasteiger partial charge < -0.3 is 10.1 Å². The highest BCUT2D eigenvalue weighted by atomic mass is 19.1. The molecule has 0 radical (unpaired) electrons. The van der Waals surface area contributed by atoms with Crippen LogP contribution in [-0.2, 0) is 11.8 Å². The zero-order valence-electron chi connectivity index (χ0n) is 15.4. The van der Waals surface area contributed by atoms with Crippen LogP contribution in [0.25, 0.3) is 5.69 Å². The zero-order valence-corrected chi connectivity index (χ0v) is 15.4. The van der Waals surface area contributed by atoms with Crippen LogP contribution in [0, 0.1) is 5.82 Å². The first-order chi connectivity index (χ1) is 13.8. The number of methoxy groups -OCH3 is 1. The summed E-state index contributed by atoms with van der Waals surface area (Å²) in [5, 5.41) is 6.27. The molecule has 0 fully saturated rings. The summed E-state index contributed by atoms with van der Waals surface area (Å²) < 4.78 is 19.3. The van der Waals surface area contributed by atoms with Gasteiger partial charge in [-0.05, 0) is 36.4 Å². The Morgan fingerprint density at radius 3 is 2.38 bits per heavy atom. The van der Waals surface area contributed by atoms with E-state index in [-0.39, 0.29) is 16.9 Å². The van der Waals surface area contributed by atoms with Gasteiger partial charge in [-0.1, -0.05) is 12.1 Å². The second-order valence-corrected chi connectivity index (χ2v) is 5.87. The lowest BCUT2D eigenvalue weighted by molar-refractivity contribution is 0.0602. The lowest BCUT2D eigenvalue weighted by atomic mass is 10.1. The summed E-state index contributed by atoms with van der Waals surface area (Å²) in [6, 6.07) is 10.8. The van der Waals surface area contributed by atoms with Crippen LogP contribution in [0.4, 0.5) is 10.1 Å². The second kappa shape index (κ2) is 7.89. The standard InChI is InChI=1S/C19H15FN4O5/c1-23-17(26)15(22-24(19(23)28)12-9-7-11(20)8-10-12)16(25)21-14-6-4-3-5-13(14)18(27)29-2/h3-10H,1-2H3,(H,21,25). The van der Waals surface area contributed by atoms with Crippen LogP contribution < -0.4 is 16.6 Å². The number of amides is 1. The number of benzene rings is 2. The average Bonchev–Trinajstić information content (AvgIpc) is 2.73. The highest BCUT2D eigenvalue weighted by molar-refractivity contribution is 6.06. The van der Waals surface area contributed by atoms with Crippen LogP contribution >= 0.6 is 0 Å². The van der Waals surface area contributed by atoms with Gasteiger partial charge in [-0.15, -0.1) is 0 Å². The molecule has 1 amide bonds. The van der Waals surface area contributed by atoms with E-state index in [1.54, 1.807) is 12.1 Å². The number of carbonyl (C=O) groups is 2. The number of hydrogen-bond acceptors (Lipinski definition) is 6. The van der Waals surface area contributed by atoms with Gasteiger partial charge in [0, 0.05) is 7.05 Å². The summed E-state index contributed by atoms with van der Waals surface area (Å²) in [6.45, 7) is 0. The molecule has 0 aliphatic rings. The molecular weight excluding hydrogens is 383 g/mol. The molecule has 0 bridgehead atoms. The minimum atomic E-state index is -0.933. The van der Waals surface area contributed by atoms with Crippen LogP contribution in [0.3, 0.4) is 0 Å². The minimum absolute atomic E-state index is 0.0760. The lowest BCUT2D eigenvalue weighted by Crippen LogP contribution is -2.43. The fourth-order valence-electron chi connectivity index (χ4n) is 2.53. The van der Waals surface area contributed by atoms with Crippen LogP contribution in [0.2, 0.25) is 0 Å². The number of carbonyl (C=O) groups excluding carboxylic acids is 2. The molecule has 1 aromatic heterocycles. The van der Waals surface area contributed by atoms with Crippen molar-refractivity contribution in [1.29, 1.82) is 0 Å². The molecule has 2 aromatic carbocycles. The van der Waals surface area contributed by atoms with E-state index in [0.717, 1.165) is 16.8 Å². The van der Waals surface area contributed by atoms with Gasteiger partial charge in [0.05, 0.1) is 24.0 Å². The Morgan fingerprint density at radius 1 is 1.07 bits per heavy atom. The summed E-state index contributed by atoms with van der Waals surface area (Å²) in [5.74, 6) is -2.14. The number of esters is 1. The third kappa shape index (κ3) is 3.81. The van der Waals surface area contributed by atoms with Crippen LogP contribution in [-0.4, -0.2) is 33.3 Å². The molecular formula is C19H15FN4O5. The van der Waals surface area contributed by atoms with Crippen LogP contribution in [0.1, 0.15) is 20.8 Å². The van der Waals surface area contributed by atoms with Crippen molar-refractivity contribution < 1.29 is 18.7 Å². The molecule has 0 aliphatic heterocycles. The molecule has 0 saturated heterocycles. The molecule has 0 atom stereocenters. The van der Waals surface area contributed by atoms with Crippen molar-refractivity contribution in [3.8, 4) is 5.69 Å². The number of nitrogens with zero attached hydrogens (tertiary/aromatic N) is 3. The summed E-state index contributed by atoms with van der Waals surface area (Å²) in [7, 11) is 2.38. The van der Waals surface area contributed by atoms with E-state index >= 15 is 0 Å². The normalized spacial score (nSPS) is 10.4. The Morgan fingerprint density at radius 2 is 1.72 bits per heavy atom. The van der Waals surface area contributed by atoms with E-state index in [0.29, 0.717) is 4.57 Å². The van der Waals surface area contributed by atoms with Crippen molar-refractivity contribution in [3.05, 3.63) is 86.4 Å². The average molecular weight is 398 g/mol. The predicted octanol–water partition coefficient (Wildman–Crippen LogP) is 1.11. The third-order valence-electron chi connectivity index (χ3n) is 4.04.